The van der Waals surface area contributed by atoms with Crippen LogP contribution in [-0.2, 0) is 0 Å². The highest BCUT2D eigenvalue weighted by molar-refractivity contribution is 7.80. The predicted molar refractivity (Wildman–Crippen MR) is 108 cm³/mol. The Morgan fingerprint density at radius 1 is 1.25 bits per heavy atom. The first kappa shape index (κ1) is 21.2. The van der Waals surface area contributed by atoms with E-state index < -0.39 is 16.6 Å². The molecule has 0 aliphatic carbocycles. The molecule has 0 fully saturated rings. The fraction of sp³-hybridized carbons (Fsp3) is 0.263. The van der Waals surface area contributed by atoms with Gasteiger partial charge in [-0.15, -0.1) is 0 Å². The van der Waals surface area contributed by atoms with Crippen LogP contribution in [0.2, 0.25) is 0 Å². The van der Waals surface area contributed by atoms with Crippen molar-refractivity contribution in [2.75, 3.05) is 11.9 Å². The summed E-state index contributed by atoms with van der Waals surface area (Å²) in [5.74, 6) is -0.0480. The largest absolute Gasteiger partial charge is 0.494 e. The molecule has 2 aromatic rings. The van der Waals surface area contributed by atoms with Crippen LogP contribution >= 0.6 is 12.2 Å². The van der Waals surface area contributed by atoms with Gasteiger partial charge in [-0.3, -0.25) is 20.2 Å². The fourth-order valence-electron chi connectivity index (χ4n) is 2.17. The van der Waals surface area contributed by atoms with Gasteiger partial charge in [0.1, 0.15) is 11.6 Å². The molecule has 148 valence electrons. The number of thiocarbonyl (C=S) groups is 1. The highest BCUT2D eigenvalue weighted by atomic mass is 32.1. The van der Waals surface area contributed by atoms with Crippen molar-refractivity contribution < 1.29 is 18.8 Å². The molecule has 0 heterocycles. The second kappa shape index (κ2) is 9.75. The van der Waals surface area contributed by atoms with Crippen LogP contribution in [0.3, 0.4) is 0 Å². The summed E-state index contributed by atoms with van der Waals surface area (Å²) in [4.78, 5) is 22.4. The van der Waals surface area contributed by atoms with Crippen molar-refractivity contribution in [2.45, 2.75) is 20.3 Å². The molecule has 2 rings (SSSR count). The van der Waals surface area contributed by atoms with Crippen molar-refractivity contribution >= 4 is 34.6 Å². The Labute approximate surface area is 167 Å². The molecule has 0 bridgehead atoms. The van der Waals surface area contributed by atoms with Gasteiger partial charge < -0.3 is 10.1 Å². The Morgan fingerprint density at radius 3 is 2.54 bits per heavy atom. The summed E-state index contributed by atoms with van der Waals surface area (Å²) in [5, 5.41) is 15.5. The van der Waals surface area contributed by atoms with Crippen LogP contribution in [0.15, 0.2) is 42.5 Å². The topological polar surface area (TPSA) is 93.5 Å². The van der Waals surface area contributed by atoms with E-state index in [-0.39, 0.29) is 16.5 Å². The van der Waals surface area contributed by atoms with Gasteiger partial charge in [0.25, 0.3) is 11.6 Å². The lowest BCUT2D eigenvalue weighted by atomic mass is 10.1. The first-order valence-electron chi connectivity index (χ1n) is 8.55. The Kier molecular flexibility index (Phi) is 7.39. The minimum atomic E-state index is -0.731. The number of amides is 1. The zero-order valence-electron chi connectivity index (χ0n) is 15.4. The molecule has 2 aromatic carbocycles. The number of anilines is 1. The maximum Gasteiger partial charge on any atom is 0.271 e. The maximum atomic E-state index is 13.8. The molecule has 28 heavy (non-hydrogen) atoms. The number of hydrogen-bond acceptors (Lipinski definition) is 5. The van der Waals surface area contributed by atoms with E-state index in [0.29, 0.717) is 23.8 Å². The van der Waals surface area contributed by atoms with Crippen molar-refractivity contribution in [1.29, 1.82) is 0 Å². The molecule has 0 radical (unpaired) electrons. The number of non-ortho nitro benzene ring substituents is 1. The third-order valence-corrected chi connectivity index (χ3v) is 3.92. The molecular formula is C19H20FN3O4S. The molecule has 0 aromatic heterocycles. The van der Waals surface area contributed by atoms with Crippen LogP contribution < -0.4 is 15.4 Å². The number of carbonyl (C=O) groups is 1. The van der Waals surface area contributed by atoms with Gasteiger partial charge in [-0.25, -0.2) is 4.39 Å². The molecule has 0 spiro atoms. The summed E-state index contributed by atoms with van der Waals surface area (Å²) in [6, 6.07) is 9.48. The van der Waals surface area contributed by atoms with Gasteiger partial charge in [0.15, 0.2) is 5.11 Å². The predicted octanol–water partition coefficient (Wildman–Crippen LogP) is 4.29. The van der Waals surface area contributed by atoms with Crippen LogP contribution in [-0.4, -0.2) is 22.5 Å². The summed E-state index contributed by atoms with van der Waals surface area (Å²) < 4.78 is 19.4. The zero-order chi connectivity index (χ0) is 20.7. The molecule has 0 saturated heterocycles. The molecule has 2 N–H and O–H groups in total. The Bertz CT molecular complexity index is 872. The quantitative estimate of drug-likeness (QED) is 0.406. The molecule has 9 heteroatoms. The van der Waals surface area contributed by atoms with E-state index in [0.717, 1.165) is 24.6 Å². The van der Waals surface area contributed by atoms with E-state index in [9.17, 15) is 19.3 Å². The number of halogens is 1. The molecule has 0 aliphatic rings. The third-order valence-electron chi connectivity index (χ3n) is 3.72. The molecular weight excluding hydrogens is 385 g/mol. The molecule has 0 saturated carbocycles. The van der Waals surface area contributed by atoms with Crippen molar-refractivity contribution in [3.05, 3.63) is 64.0 Å². The number of nitro benzene ring substituents is 1. The average Bonchev–Trinajstić information content (AvgIpc) is 2.63. The standard InChI is InChI=1S/C19H20FN3O4S/c1-12(2)9-10-27-15-6-3-13(4-7-15)18(24)22-19(28)21-17-11-14(23(25)26)5-8-16(17)20/h3-8,11-12H,9-10H2,1-2H3,(H2,21,22,24,28). The molecule has 0 unspecified atom stereocenters. The average molecular weight is 405 g/mol. The smallest absolute Gasteiger partial charge is 0.271 e. The SMILES string of the molecule is CC(C)CCOc1ccc(C(=O)NC(=S)Nc2cc([N+](=O)[O-])ccc2F)cc1. The van der Waals surface area contributed by atoms with Gasteiger partial charge in [-0.05, 0) is 54.9 Å². The van der Waals surface area contributed by atoms with Crippen LogP contribution in [0, 0.1) is 21.8 Å². The number of nitrogens with one attached hydrogen (secondary N) is 2. The third kappa shape index (κ3) is 6.27. The van der Waals surface area contributed by atoms with Crippen molar-refractivity contribution in [3.8, 4) is 5.75 Å². The van der Waals surface area contributed by atoms with E-state index in [1.54, 1.807) is 24.3 Å². The molecule has 7 nitrogen and oxygen atoms in total. The van der Waals surface area contributed by atoms with Gasteiger partial charge in [0.05, 0.1) is 17.2 Å². The fourth-order valence-corrected chi connectivity index (χ4v) is 2.37. The minimum Gasteiger partial charge on any atom is -0.494 e. The number of ether oxygens (including phenoxy) is 1. The second-order valence-electron chi connectivity index (χ2n) is 6.38. The van der Waals surface area contributed by atoms with Crippen molar-refractivity contribution in [3.63, 3.8) is 0 Å². The van der Waals surface area contributed by atoms with E-state index in [1.165, 1.54) is 0 Å². The Morgan fingerprint density at radius 2 is 1.93 bits per heavy atom. The zero-order valence-corrected chi connectivity index (χ0v) is 16.2. The second-order valence-corrected chi connectivity index (χ2v) is 6.79. The lowest BCUT2D eigenvalue weighted by Crippen LogP contribution is -2.34. The highest BCUT2D eigenvalue weighted by Crippen LogP contribution is 2.21. The lowest BCUT2D eigenvalue weighted by Gasteiger charge is -2.11. The Hall–Kier alpha value is -3.07. The highest BCUT2D eigenvalue weighted by Gasteiger charge is 2.13. The van der Waals surface area contributed by atoms with E-state index >= 15 is 0 Å². The molecule has 0 aliphatic heterocycles. The summed E-state index contributed by atoms with van der Waals surface area (Å²) in [6.45, 7) is 4.80. The number of rotatable bonds is 7. The number of nitro groups is 1. The van der Waals surface area contributed by atoms with Gasteiger partial charge >= 0.3 is 0 Å². The van der Waals surface area contributed by atoms with Gasteiger partial charge in [-0.2, -0.15) is 0 Å². The lowest BCUT2D eigenvalue weighted by molar-refractivity contribution is -0.384. The number of hydrogen-bond donors (Lipinski definition) is 2. The Balaban J connectivity index is 1.94. The van der Waals surface area contributed by atoms with Crippen molar-refractivity contribution in [2.24, 2.45) is 5.92 Å². The normalized spacial score (nSPS) is 10.4. The first-order valence-corrected chi connectivity index (χ1v) is 8.96. The van der Waals surface area contributed by atoms with Crippen LogP contribution in [0.4, 0.5) is 15.8 Å². The monoisotopic (exact) mass is 405 g/mol. The van der Waals surface area contributed by atoms with E-state index in [1.807, 2.05) is 0 Å². The maximum absolute atomic E-state index is 13.8. The summed E-state index contributed by atoms with van der Waals surface area (Å²) in [7, 11) is 0. The summed E-state index contributed by atoms with van der Waals surface area (Å²) in [6.07, 6.45) is 0.927. The minimum absolute atomic E-state index is 0.179. The van der Waals surface area contributed by atoms with Gasteiger partial charge in [-0.1, -0.05) is 13.8 Å². The number of nitrogens with zero attached hydrogens (tertiary/aromatic N) is 1. The molecule has 1 amide bonds. The van der Waals surface area contributed by atoms with Crippen LogP contribution in [0.1, 0.15) is 30.6 Å². The number of carbonyl (C=O) groups excluding carboxylic acids is 1. The van der Waals surface area contributed by atoms with E-state index in [2.05, 4.69) is 24.5 Å². The first-order chi connectivity index (χ1) is 13.3. The molecule has 0 atom stereocenters. The van der Waals surface area contributed by atoms with Crippen LogP contribution in [0.5, 0.6) is 5.75 Å². The van der Waals surface area contributed by atoms with E-state index in [4.69, 9.17) is 17.0 Å². The van der Waals surface area contributed by atoms with Crippen molar-refractivity contribution in [1.82, 2.24) is 5.32 Å². The van der Waals surface area contributed by atoms with Gasteiger partial charge in [0.2, 0.25) is 0 Å². The van der Waals surface area contributed by atoms with Crippen LogP contribution in [0.25, 0.3) is 0 Å². The summed E-state index contributed by atoms with van der Waals surface area (Å²) >= 11 is 4.98. The number of benzene rings is 2. The van der Waals surface area contributed by atoms with Gasteiger partial charge in [0, 0.05) is 17.7 Å². The summed E-state index contributed by atoms with van der Waals surface area (Å²) in [5.41, 5.74) is -0.167.